The predicted molar refractivity (Wildman–Crippen MR) is 84.1 cm³/mol. The fourth-order valence-corrected chi connectivity index (χ4v) is 3.39. The van der Waals surface area contributed by atoms with Gasteiger partial charge in [-0.2, -0.15) is 0 Å². The van der Waals surface area contributed by atoms with Gasteiger partial charge in [0, 0.05) is 30.8 Å². The summed E-state index contributed by atoms with van der Waals surface area (Å²) in [4.78, 5) is 2.51. The number of rotatable bonds is 8. The van der Waals surface area contributed by atoms with Crippen molar-refractivity contribution < 1.29 is 9.84 Å². The molecule has 0 aromatic heterocycles. The molecule has 0 aromatic carbocycles. The Hall–Kier alpha value is -0.160. The average molecular weight is 286 g/mol. The van der Waals surface area contributed by atoms with Crippen molar-refractivity contribution in [3.63, 3.8) is 0 Å². The Morgan fingerprint density at radius 3 is 2.65 bits per heavy atom. The molecule has 1 aliphatic heterocycles. The molecule has 1 fully saturated rings. The highest BCUT2D eigenvalue weighted by molar-refractivity contribution is 4.89. The minimum absolute atomic E-state index is 0.179. The van der Waals surface area contributed by atoms with Gasteiger partial charge in [-0.15, -0.1) is 0 Å². The Morgan fingerprint density at radius 2 is 2.10 bits per heavy atom. The molecule has 20 heavy (non-hydrogen) atoms. The maximum Gasteiger partial charge on any atom is 0.0702 e. The molecule has 4 heteroatoms. The number of piperidine rings is 1. The molecule has 1 rings (SSSR count). The molecule has 0 radical (unpaired) electrons. The van der Waals surface area contributed by atoms with Gasteiger partial charge in [0.05, 0.1) is 12.7 Å². The number of likely N-dealkylation sites (tertiary alicyclic amines) is 1. The first-order valence-electron chi connectivity index (χ1n) is 8.14. The van der Waals surface area contributed by atoms with Gasteiger partial charge in [0.25, 0.3) is 0 Å². The number of hydrogen-bond acceptors (Lipinski definition) is 4. The summed E-state index contributed by atoms with van der Waals surface area (Å²) in [6, 6.07) is 0.846. The second kappa shape index (κ2) is 8.32. The van der Waals surface area contributed by atoms with Crippen molar-refractivity contribution in [3.05, 3.63) is 0 Å². The summed E-state index contributed by atoms with van der Waals surface area (Å²) in [6.07, 6.45) is 3.73. The molecule has 1 aliphatic rings. The Balaban J connectivity index is 2.53. The lowest BCUT2D eigenvalue weighted by Gasteiger charge is -2.41. The number of aliphatic hydroxyl groups excluding tert-OH is 1. The Bertz CT molecular complexity index is 271. The minimum atomic E-state index is -0.202. The fourth-order valence-electron chi connectivity index (χ4n) is 3.39. The zero-order valence-electron chi connectivity index (χ0n) is 14.0. The third-order valence-electron chi connectivity index (χ3n) is 4.17. The van der Waals surface area contributed by atoms with E-state index in [9.17, 15) is 5.11 Å². The van der Waals surface area contributed by atoms with Crippen LogP contribution in [0.2, 0.25) is 0 Å². The van der Waals surface area contributed by atoms with Gasteiger partial charge in [0.1, 0.15) is 0 Å². The van der Waals surface area contributed by atoms with Crippen LogP contribution in [0.4, 0.5) is 0 Å². The first-order valence-corrected chi connectivity index (χ1v) is 8.14. The van der Waals surface area contributed by atoms with Gasteiger partial charge < -0.3 is 15.2 Å². The van der Waals surface area contributed by atoms with Crippen molar-refractivity contribution in [2.75, 3.05) is 26.3 Å². The van der Waals surface area contributed by atoms with E-state index in [2.05, 4.69) is 44.8 Å². The van der Waals surface area contributed by atoms with Crippen LogP contribution in [-0.4, -0.2) is 60.0 Å². The fraction of sp³-hybridized carbons (Fsp3) is 1.00. The Kier molecular flexibility index (Phi) is 7.45. The second-order valence-electron chi connectivity index (χ2n) is 6.79. The lowest BCUT2D eigenvalue weighted by Crippen LogP contribution is -2.54. The van der Waals surface area contributed by atoms with Crippen LogP contribution in [0.15, 0.2) is 0 Å². The first-order chi connectivity index (χ1) is 9.40. The van der Waals surface area contributed by atoms with Gasteiger partial charge in [0.2, 0.25) is 0 Å². The van der Waals surface area contributed by atoms with E-state index in [-0.39, 0.29) is 12.1 Å². The van der Waals surface area contributed by atoms with Crippen LogP contribution in [-0.2, 0) is 4.74 Å². The van der Waals surface area contributed by atoms with Gasteiger partial charge in [-0.05, 0) is 46.6 Å². The van der Waals surface area contributed by atoms with Crippen molar-refractivity contribution in [2.45, 2.75) is 77.6 Å². The first kappa shape index (κ1) is 17.9. The highest BCUT2D eigenvalue weighted by atomic mass is 16.5. The van der Waals surface area contributed by atoms with Gasteiger partial charge in [-0.3, -0.25) is 4.90 Å². The quantitative estimate of drug-likeness (QED) is 0.716. The number of nitrogens with zero attached hydrogens (tertiary/aromatic N) is 1. The topological polar surface area (TPSA) is 44.7 Å². The average Bonchev–Trinajstić information content (AvgIpc) is 2.38. The summed E-state index contributed by atoms with van der Waals surface area (Å²) in [5.41, 5.74) is -0.202. The molecule has 0 aliphatic carbocycles. The number of aliphatic hydroxyl groups is 1. The van der Waals surface area contributed by atoms with Gasteiger partial charge in [-0.1, -0.05) is 13.8 Å². The molecule has 0 saturated carbocycles. The van der Waals surface area contributed by atoms with Crippen LogP contribution < -0.4 is 5.32 Å². The van der Waals surface area contributed by atoms with Crippen LogP contribution in [0.25, 0.3) is 0 Å². The van der Waals surface area contributed by atoms with E-state index in [1.807, 2.05) is 0 Å². The molecule has 0 bridgehead atoms. The highest BCUT2D eigenvalue weighted by Gasteiger charge is 2.31. The third kappa shape index (κ3) is 5.68. The Morgan fingerprint density at radius 1 is 1.40 bits per heavy atom. The molecule has 0 spiro atoms. The predicted octanol–water partition coefficient (Wildman–Crippen LogP) is 2.01. The van der Waals surface area contributed by atoms with E-state index >= 15 is 0 Å². The zero-order valence-corrected chi connectivity index (χ0v) is 14.0. The highest BCUT2D eigenvalue weighted by Crippen LogP contribution is 2.21. The molecule has 0 aromatic rings. The monoisotopic (exact) mass is 286 g/mol. The maximum atomic E-state index is 9.71. The normalized spacial score (nSPS) is 25.6. The van der Waals surface area contributed by atoms with E-state index in [1.165, 1.54) is 12.8 Å². The molecule has 4 nitrogen and oxygen atoms in total. The standard InChI is InChI=1S/C16H34N2O2/c1-6-20-15-8-7-9-18(11-15)14(4)10-16(5,12-19)17-13(2)3/h13-15,17,19H,6-12H2,1-5H3. The molecule has 3 unspecified atom stereocenters. The lowest BCUT2D eigenvalue weighted by atomic mass is 9.91. The van der Waals surface area contributed by atoms with Gasteiger partial charge >= 0.3 is 0 Å². The van der Waals surface area contributed by atoms with Crippen LogP contribution in [0.5, 0.6) is 0 Å². The van der Waals surface area contributed by atoms with Gasteiger partial charge in [-0.25, -0.2) is 0 Å². The van der Waals surface area contributed by atoms with Crippen LogP contribution in [0, 0.1) is 0 Å². The molecule has 0 amide bonds. The summed E-state index contributed by atoms with van der Waals surface area (Å²) in [7, 11) is 0. The van der Waals surface area contributed by atoms with Crippen molar-refractivity contribution >= 4 is 0 Å². The minimum Gasteiger partial charge on any atom is -0.394 e. The smallest absolute Gasteiger partial charge is 0.0702 e. The largest absolute Gasteiger partial charge is 0.394 e. The Labute approximate surface area is 124 Å². The molecular weight excluding hydrogens is 252 g/mol. The summed E-state index contributed by atoms with van der Waals surface area (Å²) in [5.74, 6) is 0. The number of ether oxygens (including phenoxy) is 1. The van der Waals surface area contributed by atoms with E-state index in [1.54, 1.807) is 0 Å². The lowest BCUT2D eigenvalue weighted by molar-refractivity contribution is -0.0116. The summed E-state index contributed by atoms with van der Waals surface area (Å²) >= 11 is 0. The van der Waals surface area contributed by atoms with E-state index < -0.39 is 0 Å². The number of hydrogen-bond donors (Lipinski definition) is 2. The van der Waals surface area contributed by atoms with Crippen molar-refractivity contribution in [1.82, 2.24) is 10.2 Å². The zero-order chi connectivity index (χ0) is 15.2. The molecule has 1 saturated heterocycles. The summed E-state index contributed by atoms with van der Waals surface area (Å²) < 4.78 is 5.78. The molecule has 3 atom stereocenters. The summed E-state index contributed by atoms with van der Waals surface area (Å²) in [6.45, 7) is 13.9. The van der Waals surface area contributed by atoms with E-state index in [0.29, 0.717) is 18.2 Å². The molecule has 120 valence electrons. The van der Waals surface area contributed by atoms with Crippen molar-refractivity contribution in [1.29, 1.82) is 0 Å². The van der Waals surface area contributed by atoms with Crippen LogP contribution in [0.3, 0.4) is 0 Å². The maximum absolute atomic E-state index is 9.71. The van der Waals surface area contributed by atoms with Crippen LogP contribution in [0.1, 0.15) is 53.9 Å². The van der Waals surface area contributed by atoms with Crippen molar-refractivity contribution in [3.8, 4) is 0 Å². The van der Waals surface area contributed by atoms with E-state index in [4.69, 9.17) is 4.74 Å². The second-order valence-corrected chi connectivity index (χ2v) is 6.79. The van der Waals surface area contributed by atoms with Crippen LogP contribution >= 0.6 is 0 Å². The van der Waals surface area contributed by atoms with Crippen molar-refractivity contribution in [2.24, 2.45) is 0 Å². The van der Waals surface area contributed by atoms with Gasteiger partial charge in [0.15, 0.2) is 0 Å². The molecule has 1 heterocycles. The SMILES string of the molecule is CCOC1CCCN(C(C)CC(C)(CO)NC(C)C)C1. The third-order valence-corrected chi connectivity index (χ3v) is 4.17. The number of nitrogens with one attached hydrogen (secondary N) is 1. The summed E-state index contributed by atoms with van der Waals surface area (Å²) in [5, 5.41) is 13.2. The van der Waals surface area contributed by atoms with E-state index in [0.717, 1.165) is 26.1 Å². The molecular formula is C16H34N2O2. The molecule has 2 N–H and O–H groups in total.